The molecule has 0 unspecified atom stereocenters. The summed E-state index contributed by atoms with van der Waals surface area (Å²) in [4.78, 5) is 16.5. The first-order valence-electron chi connectivity index (χ1n) is 8.49. The van der Waals surface area contributed by atoms with E-state index >= 15 is 0 Å². The molecule has 0 fully saturated rings. The number of fused-ring (bicyclic) bond motifs is 1. The second kappa shape index (κ2) is 9.03. The average Bonchev–Trinajstić information content (AvgIpc) is 2.97. The number of nitrogens with one attached hydrogen (secondary N) is 2. The van der Waals surface area contributed by atoms with Crippen molar-refractivity contribution in [1.82, 2.24) is 10.3 Å². The van der Waals surface area contributed by atoms with Gasteiger partial charge in [0.2, 0.25) is 5.91 Å². The van der Waals surface area contributed by atoms with Crippen LogP contribution in [0, 0.1) is 12.8 Å². The zero-order valence-electron chi connectivity index (χ0n) is 15.5. The fourth-order valence-corrected chi connectivity index (χ4v) is 3.86. The molecule has 4 N–H and O–H groups in total. The van der Waals surface area contributed by atoms with Gasteiger partial charge in [-0.3, -0.25) is 4.79 Å². The maximum absolute atomic E-state index is 11.8. The molecule has 5 nitrogen and oxygen atoms in total. The van der Waals surface area contributed by atoms with E-state index in [-0.39, 0.29) is 11.4 Å². The smallest absolute Gasteiger partial charge is 0.226 e. The first-order chi connectivity index (χ1) is 12.4. The minimum atomic E-state index is -0.0705. The van der Waals surface area contributed by atoms with Crippen molar-refractivity contribution >= 4 is 50.5 Å². The van der Waals surface area contributed by atoms with Gasteiger partial charge in [-0.15, -0.1) is 11.3 Å². The highest BCUT2D eigenvalue weighted by Gasteiger charge is 2.09. The minimum absolute atomic E-state index is 0. The van der Waals surface area contributed by atoms with Crippen LogP contribution in [0.25, 0.3) is 20.8 Å². The van der Waals surface area contributed by atoms with Crippen LogP contribution in [0.5, 0.6) is 0 Å². The van der Waals surface area contributed by atoms with E-state index in [1.807, 2.05) is 38.1 Å². The molecule has 2 aromatic carbocycles. The molecule has 27 heavy (non-hydrogen) atoms. The highest BCUT2D eigenvalue weighted by molar-refractivity contribution is 7.80. The van der Waals surface area contributed by atoms with Gasteiger partial charge in [-0.05, 0) is 67.0 Å². The normalized spacial score (nSPS) is 10.5. The van der Waals surface area contributed by atoms with Crippen molar-refractivity contribution in [3.63, 3.8) is 0 Å². The molecule has 0 atom stereocenters. The molecule has 0 radical (unpaired) electrons. The highest BCUT2D eigenvalue weighted by Crippen LogP contribution is 2.31. The summed E-state index contributed by atoms with van der Waals surface area (Å²) in [5.41, 5.74) is 4.15. The molecule has 1 heterocycles. The van der Waals surface area contributed by atoms with Gasteiger partial charge in [0.15, 0.2) is 5.11 Å². The Morgan fingerprint density at radius 3 is 2.56 bits per heavy atom. The number of carbonyl (C=O) groups is 1. The van der Waals surface area contributed by atoms with Crippen molar-refractivity contribution < 1.29 is 10.3 Å². The lowest BCUT2D eigenvalue weighted by Gasteiger charge is -2.10. The minimum Gasteiger partial charge on any atom is -0.412 e. The van der Waals surface area contributed by atoms with Gasteiger partial charge in [0.25, 0.3) is 0 Å². The van der Waals surface area contributed by atoms with Gasteiger partial charge < -0.3 is 16.1 Å². The second-order valence-corrected chi connectivity index (χ2v) is 8.11. The summed E-state index contributed by atoms with van der Waals surface area (Å²) in [5, 5.41) is 7.05. The van der Waals surface area contributed by atoms with Gasteiger partial charge >= 0.3 is 0 Å². The summed E-state index contributed by atoms with van der Waals surface area (Å²) in [6.07, 6.45) is 0.456. The number of benzene rings is 2. The first-order valence-corrected chi connectivity index (χ1v) is 9.71. The number of carbonyl (C=O) groups excluding carboxylic acids is 1. The van der Waals surface area contributed by atoms with E-state index in [2.05, 4.69) is 35.8 Å². The molecule has 7 heteroatoms. The van der Waals surface area contributed by atoms with Crippen LogP contribution >= 0.6 is 23.6 Å². The van der Waals surface area contributed by atoms with E-state index in [1.165, 1.54) is 10.3 Å². The number of thiocarbonyl (C=S) groups is 1. The molecule has 142 valence electrons. The Labute approximate surface area is 168 Å². The molecule has 1 aromatic heterocycles. The maximum atomic E-state index is 11.8. The molecule has 0 aliphatic heterocycles. The molecule has 0 aliphatic rings. The van der Waals surface area contributed by atoms with Crippen LogP contribution in [-0.2, 0) is 4.79 Å². The Morgan fingerprint density at radius 1 is 1.19 bits per heavy atom. The molecular formula is C20H23N3O2S2. The number of amides is 1. The summed E-state index contributed by atoms with van der Waals surface area (Å²) in [5.74, 6) is 0.230. The van der Waals surface area contributed by atoms with Crippen LogP contribution in [0.1, 0.15) is 25.8 Å². The quantitative estimate of drug-likeness (QED) is 0.638. The van der Waals surface area contributed by atoms with E-state index in [9.17, 15) is 4.79 Å². The van der Waals surface area contributed by atoms with Crippen molar-refractivity contribution in [2.24, 2.45) is 5.92 Å². The van der Waals surface area contributed by atoms with Crippen LogP contribution in [0.15, 0.2) is 42.5 Å². The molecule has 3 rings (SSSR count). The maximum Gasteiger partial charge on any atom is 0.226 e. The largest absolute Gasteiger partial charge is 0.412 e. The van der Waals surface area contributed by atoms with Crippen molar-refractivity contribution in [2.75, 3.05) is 5.32 Å². The SMILES string of the molecule is Cc1ccc2nc(-c3ccc(NC(=S)NC(=O)CC(C)C)cc3)sc2c1.O. The Kier molecular flexibility index (Phi) is 7.01. The zero-order valence-corrected chi connectivity index (χ0v) is 17.1. The molecule has 0 spiro atoms. The van der Waals surface area contributed by atoms with Crippen LogP contribution in [-0.4, -0.2) is 21.5 Å². The third kappa shape index (κ3) is 5.56. The zero-order chi connectivity index (χ0) is 18.7. The number of aryl methyl sites for hydroxylation is 1. The van der Waals surface area contributed by atoms with Gasteiger partial charge in [-0.1, -0.05) is 19.9 Å². The van der Waals surface area contributed by atoms with Crippen molar-refractivity contribution in [2.45, 2.75) is 27.2 Å². The van der Waals surface area contributed by atoms with Crippen LogP contribution in [0.3, 0.4) is 0 Å². The lowest BCUT2D eigenvalue weighted by atomic mass is 10.1. The third-order valence-electron chi connectivity index (χ3n) is 3.78. The summed E-state index contributed by atoms with van der Waals surface area (Å²) < 4.78 is 1.19. The number of nitrogens with zero attached hydrogens (tertiary/aromatic N) is 1. The van der Waals surface area contributed by atoms with Crippen molar-refractivity contribution in [3.05, 3.63) is 48.0 Å². The van der Waals surface area contributed by atoms with Crippen LogP contribution < -0.4 is 10.6 Å². The Hall–Kier alpha value is -2.35. The van der Waals surface area contributed by atoms with Gasteiger partial charge in [-0.25, -0.2) is 4.98 Å². The van der Waals surface area contributed by atoms with Crippen molar-refractivity contribution in [3.8, 4) is 10.6 Å². The van der Waals surface area contributed by atoms with E-state index in [0.29, 0.717) is 17.5 Å². The van der Waals surface area contributed by atoms with E-state index in [1.54, 1.807) is 11.3 Å². The van der Waals surface area contributed by atoms with Crippen LogP contribution in [0.2, 0.25) is 0 Å². The lowest BCUT2D eigenvalue weighted by molar-refractivity contribution is -0.120. The number of aromatic nitrogens is 1. The molecule has 1 amide bonds. The molecular weight excluding hydrogens is 378 g/mol. The Bertz CT molecular complexity index is 950. The average molecular weight is 402 g/mol. The van der Waals surface area contributed by atoms with Gasteiger partial charge in [-0.2, -0.15) is 0 Å². The van der Waals surface area contributed by atoms with Gasteiger partial charge in [0.05, 0.1) is 10.2 Å². The van der Waals surface area contributed by atoms with Gasteiger partial charge in [0, 0.05) is 17.7 Å². The monoisotopic (exact) mass is 401 g/mol. The molecule has 0 saturated carbocycles. The number of hydrogen-bond acceptors (Lipinski definition) is 4. The Balaban J connectivity index is 0.00000261. The summed E-state index contributed by atoms with van der Waals surface area (Å²) in [6, 6.07) is 14.2. The van der Waals surface area contributed by atoms with E-state index in [0.717, 1.165) is 21.8 Å². The summed E-state index contributed by atoms with van der Waals surface area (Å²) in [6.45, 7) is 6.08. The predicted molar refractivity (Wildman–Crippen MR) is 117 cm³/mol. The van der Waals surface area contributed by atoms with Gasteiger partial charge in [0.1, 0.15) is 5.01 Å². The fraction of sp³-hybridized carbons (Fsp3) is 0.250. The first kappa shape index (κ1) is 21.0. The summed E-state index contributed by atoms with van der Waals surface area (Å²) in [7, 11) is 0. The highest BCUT2D eigenvalue weighted by atomic mass is 32.1. The van der Waals surface area contributed by atoms with E-state index in [4.69, 9.17) is 17.2 Å². The third-order valence-corrected chi connectivity index (χ3v) is 5.05. The molecule has 3 aromatic rings. The standard InChI is InChI=1S/C20H21N3OS2.H2O/c1-12(2)10-18(24)23-20(25)21-15-7-5-14(6-8-15)19-22-16-9-4-13(3)11-17(16)26-19;/h4-9,11-12H,10H2,1-3H3,(H2,21,23,24,25);1H2. The summed E-state index contributed by atoms with van der Waals surface area (Å²) >= 11 is 6.88. The fourth-order valence-electron chi connectivity index (χ4n) is 2.56. The number of hydrogen-bond donors (Lipinski definition) is 2. The number of thiazole rings is 1. The Morgan fingerprint density at radius 2 is 1.89 bits per heavy atom. The lowest BCUT2D eigenvalue weighted by Crippen LogP contribution is -2.34. The molecule has 0 saturated heterocycles. The number of rotatable bonds is 4. The second-order valence-electron chi connectivity index (χ2n) is 6.67. The van der Waals surface area contributed by atoms with Crippen molar-refractivity contribution in [1.29, 1.82) is 0 Å². The van der Waals surface area contributed by atoms with Crippen LogP contribution in [0.4, 0.5) is 5.69 Å². The predicted octanol–water partition coefficient (Wildman–Crippen LogP) is 4.31. The molecule has 0 aliphatic carbocycles. The van der Waals surface area contributed by atoms with E-state index < -0.39 is 0 Å². The topological polar surface area (TPSA) is 85.5 Å². The molecule has 0 bridgehead atoms. The number of anilines is 1.